The third kappa shape index (κ3) is 3.57. The molecule has 2 aromatic heterocycles. The highest BCUT2D eigenvalue weighted by molar-refractivity contribution is 7.84. The molecule has 1 aromatic carbocycles. The van der Waals surface area contributed by atoms with Gasteiger partial charge in [-0.25, -0.2) is 4.98 Å². The maximum atomic E-state index is 12.6. The van der Waals surface area contributed by atoms with Crippen molar-refractivity contribution < 1.29 is 13.0 Å². The molecule has 2 atom stereocenters. The van der Waals surface area contributed by atoms with Crippen molar-refractivity contribution in [3.63, 3.8) is 0 Å². The average molecular weight is 350 g/mol. The highest BCUT2D eigenvalue weighted by Crippen LogP contribution is 2.26. The van der Waals surface area contributed by atoms with E-state index in [2.05, 4.69) is 4.98 Å². The van der Waals surface area contributed by atoms with Gasteiger partial charge in [-0.3, -0.25) is 4.21 Å². The maximum Gasteiger partial charge on any atom is 0.263 e. The van der Waals surface area contributed by atoms with Crippen LogP contribution in [0.15, 0.2) is 51.5 Å². The van der Waals surface area contributed by atoms with Crippen LogP contribution in [0, 0.1) is 6.92 Å². The zero-order valence-electron chi connectivity index (χ0n) is 12.8. The summed E-state index contributed by atoms with van der Waals surface area (Å²) in [5.74, 6) is 1.97. The molecule has 0 amide bonds. The van der Waals surface area contributed by atoms with Crippen molar-refractivity contribution in [3.8, 4) is 11.7 Å². The van der Waals surface area contributed by atoms with Crippen LogP contribution in [0.4, 0.5) is 0 Å². The van der Waals surface area contributed by atoms with E-state index < -0.39 is 10.8 Å². The molecule has 3 aromatic rings. The Labute approximate surface area is 141 Å². The number of aryl methyl sites for hydroxylation is 1. The lowest BCUT2D eigenvalue weighted by Crippen LogP contribution is -2.06. The van der Waals surface area contributed by atoms with Gasteiger partial charge >= 0.3 is 0 Å². The van der Waals surface area contributed by atoms with Crippen LogP contribution in [0.1, 0.15) is 29.2 Å². The normalized spacial score (nSPS) is 13.9. The first-order chi connectivity index (χ1) is 11.0. The molecule has 0 aliphatic carbocycles. The lowest BCUT2D eigenvalue weighted by atomic mass is 10.2. The molecule has 0 saturated heterocycles. The van der Waals surface area contributed by atoms with Crippen molar-refractivity contribution in [1.82, 2.24) is 4.98 Å². The van der Waals surface area contributed by atoms with Crippen LogP contribution < -0.4 is 0 Å². The predicted octanol–water partition coefficient (Wildman–Crippen LogP) is 4.91. The number of rotatable bonds is 5. The Balaban J connectivity index is 1.76. The van der Waals surface area contributed by atoms with Crippen LogP contribution in [-0.2, 0) is 16.6 Å². The second kappa shape index (κ2) is 6.72. The molecular weight excluding hydrogens is 334 g/mol. The highest BCUT2D eigenvalue weighted by atomic mass is 35.5. The standard InChI is InChI=1S/C17H16ClNO3S/c1-11-15(19-17(22-11)16-4-3-9-21-16)10-23(20)12(2)13-5-7-14(18)8-6-13/h3-9,12H,10H2,1-2H3/t12-,23-/m1/s1. The van der Waals surface area contributed by atoms with Gasteiger partial charge in [0.15, 0.2) is 5.76 Å². The SMILES string of the molecule is Cc1oc(-c2ccco2)nc1C[S@@](=O)[C@H](C)c1ccc(Cl)cc1. The summed E-state index contributed by atoms with van der Waals surface area (Å²) in [5, 5.41) is 0.553. The van der Waals surface area contributed by atoms with Crippen molar-refractivity contribution in [3.05, 3.63) is 64.7 Å². The average Bonchev–Trinajstić information content (AvgIpc) is 3.18. The Morgan fingerprint density at radius 2 is 2.00 bits per heavy atom. The fourth-order valence-electron chi connectivity index (χ4n) is 2.21. The van der Waals surface area contributed by atoms with Crippen molar-refractivity contribution in [1.29, 1.82) is 0 Å². The summed E-state index contributed by atoms with van der Waals surface area (Å²) >= 11 is 5.89. The minimum atomic E-state index is -1.11. The molecule has 0 unspecified atom stereocenters. The molecule has 3 rings (SSSR count). The molecule has 6 heteroatoms. The number of aromatic nitrogens is 1. The van der Waals surface area contributed by atoms with Crippen molar-refractivity contribution in [2.24, 2.45) is 0 Å². The Morgan fingerprint density at radius 3 is 2.65 bits per heavy atom. The van der Waals surface area contributed by atoms with Gasteiger partial charge in [0.1, 0.15) is 5.76 Å². The summed E-state index contributed by atoms with van der Waals surface area (Å²) in [6.07, 6.45) is 1.56. The summed E-state index contributed by atoms with van der Waals surface area (Å²) in [6.45, 7) is 3.75. The summed E-state index contributed by atoms with van der Waals surface area (Å²) in [5.41, 5.74) is 1.68. The molecular formula is C17H16ClNO3S. The largest absolute Gasteiger partial charge is 0.459 e. The van der Waals surface area contributed by atoms with Gasteiger partial charge in [0.25, 0.3) is 5.89 Å². The molecule has 4 nitrogen and oxygen atoms in total. The Bertz CT molecular complexity index is 809. The molecule has 2 heterocycles. The van der Waals surface area contributed by atoms with Gasteiger partial charge in [0.05, 0.1) is 23.0 Å². The van der Waals surface area contributed by atoms with Gasteiger partial charge in [-0.2, -0.15) is 0 Å². The molecule has 0 spiro atoms. The van der Waals surface area contributed by atoms with Gasteiger partial charge < -0.3 is 8.83 Å². The molecule has 0 fully saturated rings. The number of hydrogen-bond donors (Lipinski definition) is 0. The summed E-state index contributed by atoms with van der Waals surface area (Å²) in [4.78, 5) is 4.41. The molecule has 0 saturated carbocycles. The van der Waals surface area contributed by atoms with Gasteiger partial charge in [0, 0.05) is 15.8 Å². The van der Waals surface area contributed by atoms with E-state index in [9.17, 15) is 4.21 Å². The second-order valence-corrected chi connectivity index (χ2v) is 7.41. The monoisotopic (exact) mass is 349 g/mol. The van der Waals surface area contributed by atoms with E-state index in [1.807, 2.05) is 26.0 Å². The number of halogens is 1. The minimum Gasteiger partial charge on any atom is -0.459 e. The fraction of sp³-hybridized carbons (Fsp3) is 0.235. The summed E-state index contributed by atoms with van der Waals surface area (Å²) < 4.78 is 23.5. The number of furan rings is 1. The lowest BCUT2D eigenvalue weighted by molar-refractivity contribution is 0.500. The zero-order chi connectivity index (χ0) is 16.4. The number of nitrogens with zero attached hydrogens (tertiary/aromatic N) is 1. The maximum absolute atomic E-state index is 12.6. The molecule has 0 bridgehead atoms. The topological polar surface area (TPSA) is 56.2 Å². The quantitative estimate of drug-likeness (QED) is 0.657. The van der Waals surface area contributed by atoms with Crippen LogP contribution in [0.25, 0.3) is 11.7 Å². The molecule has 0 aliphatic heterocycles. The van der Waals surface area contributed by atoms with Crippen molar-refractivity contribution in [2.45, 2.75) is 24.9 Å². The Morgan fingerprint density at radius 1 is 1.26 bits per heavy atom. The smallest absolute Gasteiger partial charge is 0.263 e. The third-order valence-electron chi connectivity index (χ3n) is 3.64. The van der Waals surface area contributed by atoms with Crippen molar-refractivity contribution >= 4 is 22.4 Å². The van der Waals surface area contributed by atoms with Crippen molar-refractivity contribution in [2.75, 3.05) is 0 Å². The molecule has 0 aliphatic rings. The van der Waals surface area contributed by atoms with Crippen LogP contribution in [0.3, 0.4) is 0 Å². The molecule has 23 heavy (non-hydrogen) atoms. The third-order valence-corrected chi connectivity index (χ3v) is 5.51. The molecule has 0 N–H and O–H groups in total. The Kier molecular flexibility index (Phi) is 4.68. The number of benzene rings is 1. The first kappa shape index (κ1) is 16.0. The zero-order valence-corrected chi connectivity index (χ0v) is 14.4. The fourth-order valence-corrected chi connectivity index (χ4v) is 3.59. The first-order valence-electron chi connectivity index (χ1n) is 7.17. The van der Waals surface area contributed by atoms with E-state index in [-0.39, 0.29) is 5.25 Å². The summed E-state index contributed by atoms with van der Waals surface area (Å²) in [7, 11) is -1.11. The van der Waals surface area contributed by atoms with Crippen LogP contribution in [0.5, 0.6) is 0 Å². The molecule has 0 radical (unpaired) electrons. The van der Waals surface area contributed by atoms with E-state index in [0.717, 1.165) is 5.56 Å². The molecule has 120 valence electrons. The van der Waals surface area contributed by atoms with Crippen LogP contribution in [-0.4, -0.2) is 9.19 Å². The van der Waals surface area contributed by atoms with Crippen LogP contribution in [0.2, 0.25) is 5.02 Å². The van der Waals surface area contributed by atoms with E-state index in [1.165, 1.54) is 0 Å². The number of oxazole rings is 1. The highest BCUT2D eigenvalue weighted by Gasteiger charge is 2.19. The lowest BCUT2D eigenvalue weighted by Gasteiger charge is -2.11. The van der Waals surface area contributed by atoms with Crippen LogP contribution >= 0.6 is 11.6 Å². The Hall–Kier alpha value is -1.85. The van der Waals surface area contributed by atoms with E-state index >= 15 is 0 Å². The van der Waals surface area contributed by atoms with E-state index in [4.69, 9.17) is 20.4 Å². The van der Waals surface area contributed by atoms with Gasteiger partial charge in [0.2, 0.25) is 0 Å². The first-order valence-corrected chi connectivity index (χ1v) is 8.93. The minimum absolute atomic E-state index is 0.115. The van der Waals surface area contributed by atoms with E-state index in [0.29, 0.717) is 33.9 Å². The van der Waals surface area contributed by atoms with Gasteiger partial charge in [-0.1, -0.05) is 23.7 Å². The van der Waals surface area contributed by atoms with Gasteiger partial charge in [-0.05, 0) is 43.7 Å². The van der Waals surface area contributed by atoms with Gasteiger partial charge in [-0.15, -0.1) is 0 Å². The van der Waals surface area contributed by atoms with E-state index in [1.54, 1.807) is 30.5 Å². The summed E-state index contributed by atoms with van der Waals surface area (Å²) in [6, 6.07) is 11.0. The predicted molar refractivity (Wildman–Crippen MR) is 90.7 cm³/mol. The number of hydrogen-bond acceptors (Lipinski definition) is 4. The second-order valence-electron chi connectivity index (χ2n) is 5.22.